The van der Waals surface area contributed by atoms with Gasteiger partial charge in [-0.1, -0.05) is 23.2 Å². The average Bonchev–Trinajstić information content (AvgIpc) is 2.31. The molecule has 0 radical (unpaired) electrons. The van der Waals surface area contributed by atoms with Crippen LogP contribution in [0, 0.1) is 0 Å². The normalized spacial score (nSPS) is 11.6. The topological polar surface area (TPSA) is 33.1 Å². The molecule has 1 N–H and O–H groups in total. The Hall–Kier alpha value is -1.46. The molecule has 0 saturated carbocycles. The molecule has 100 valence electrons. The van der Waals surface area contributed by atoms with Gasteiger partial charge in [-0.15, -0.1) is 0 Å². The number of aromatic nitrogens is 1. The molecular weight excluding hydrogens is 302 g/mol. The number of hydrogen-bond donors (Lipinski definition) is 1. The van der Waals surface area contributed by atoms with Crippen LogP contribution < -0.4 is 0 Å². The minimum atomic E-state index is -4.67. The monoisotopic (exact) mass is 307 g/mol. The van der Waals surface area contributed by atoms with Crippen LogP contribution >= 0.6 is 23.2 Å². The lowest BCUT2D eigenvalue weighted by Gasteiger charge is -2.12. The fraction of sp³-hybridized carbons (Fsp3) is 0.0833. The van der Waals surface area contributed by atoms with Gasteiger partial charge in [0.05, 0.1) is 5.02 Å². The molecule has 0 aliphatic carbocycles. The lowest BCUT2D eigenvalue weighted by atomic mass is 10.1. The molecule has 1 aromatic carbocycles. The van der Waals surface area contributed by atoms with Crippen LogP contribution in [0.25, 0.3) is 11.3 Å². The van der Waals surface area contributed by atoms with E-state index >= 15 is 0 Å². The molecule has 0 unspecified atom stereocenters. The first kappa shape index (κ1) is 14.0. The third kappa shape index (κ3) is 2.77. The van der Waals surface area contributed by atoms with Crippen molar-refractivity contribution in [3.63, 3.8) is 0 Å². The summed E-state index contributed by atoms with van der Waals surface area (Å²) in [5.41, 5.74) is -1.30. The van der Waals surface area contributed by atoms with Gasteiger partial charge >= 0.3 is 6.18 Å². The van der Waals surface area contributed by atoms with E-state index in [1.165, 1.54) is 18.2 Å². The molecule has 19 heavy (non-hydrogen) atoms. The van der Waals surface area contributed by atoms with Crippen molar-refractivity contribution in [3.05, 3.63) is 46.1 Å². The average molecular weight is 308 g/mol. The van der Waals surface area contributed by atoms with Gasteiger partial charge in [0.15, 0.2) is 5.75 Å². The van der Waals surface area contributed by atoms with Gasteiger partial charge < -0.3 is 5.11 Å². The number of alkyl halides is 3. The summed E-state index contributed by atoms with van der Waals surface area (Å²) in [6, 6.07) is 4.93. The summed E-state index contributed by atoms with van der Waals surface area (Å²) in [4.78, 5) is 3.73. The zero-order valence-electron chi connectivity index (χ0n) is 9.17. The molecule has 0 saturated heterocycles. The van der Waals surface area contributed by atoms with Gasteiger partial charge in [0.25, 0.3) is 0 Å². The second-order valence-electron chi connectivity index (χ2n) is 3.68. The van der Waals surface area contributed by atoms with Gasteiger partial charge in [0.2, 0.25) is 0 Å². The highest BCUT2D eigenvalue weighted by Gasteiger charge is 2.35. The Balaban J connectivity index is 2.67. The number of aromatic hydroxyl groups is 1. The van der Waals surface area contributed by atoms with E-state index in [9.17, 15) is 18.3 Å². The van der Waals surface area contributed by atoms with Crippen LogP contribution in [0.1, 0.15) is 5.56 Å². The van der Waals surface area contributed by atoms with E-state index in [0.717, 1.165) is 6.20 Å². The quantitative estimate of drug-likeness (QED) is 0.822. The second kappa shape index (κ2) is 4.90. The van der Waals surface area contributed by atoms with Gasteiger partial charge in [0, 0.05) is 16.8 Å². The molecule has 0 aliphatic rings. The van der Waals surface area contributed by atoms with Gasteiger partial charge in [-0.05, 0) is 24.3 Å². The van der Waals surface area contributed by atoms with Crippen LogP contribution in [-0.2, 0) is 6.18 Å². The van der Waals surface area contributed by atoms with Crippen molar-refractivity contribution in [2.24, 2.45) is 0 Å². The molecule has 0 amide bonds. The van der Waals surface area contributed by atoms with Crippen LogP contribution in [0.5, 0.6) is 5.75 Å². The van der Waals surface area contributed by atoms with Crippen LogP contribution in [0.3, 0.4) is 0 Å². The zero-order chi connectivity index (χ0) is 14.2. The summed E-state index contributed by atoms with van der Waals surface area (Å²) >= 11 is 11.6. The Labute approximate surface area is 116 Å². The molecule has 2 aromatic rings. The highest BCUT2D eigenvalue weighted by Crippen LogP contribution is 2.42. The van der Waals surface area contributed by atoms with Crippen molar-refractivity contribution < 1.29 is 18.3 Å². The summed E-state index contributed by atoms with van der Waals surface area (Å²) in [7, 11) is 0. The molecule has 2 rings (SSSR count). The summed E-state index contributed by atoms with van der Waals surface area (Å²) in [5.74, 6) is -0.973. The van der Waals surface area contributed by atoms with Crippen LogP contribution in [-0.4, -0.2) is 10.1 Å². The number of benzene rings is 1. The Morgan fingerprint density at radius 3 is 2.42 bits per heavy atom. The molecule has 7 heteroatoms. The van der Waals surface area contributed by atoms with E-state index in [0.29, 0.717) is 6.07 Å². The van der Waals surface area contributed by atoms with Gasteiger partial charge in [-0.3, -0.25) is 4.98 Å². The summed E-state index contributed by atoms with van der Waals surface area (Å²) < 4.78 is 38.0. The van der Waals surface area contributed by atoms with Crippen molar-refractivity contribution in [2.75, 3.05) is 0 Å². The first-order chi connectivity index (χ1) is 8.80. The Bertz CT molecular complexity index is 629. The lowest BCUT2D eigenvalue weighted by Crippen LogP contribution is -2.06. The molecule has 1 aromatic heterocycles. The van der Waals surface area contributed by atoms with E-state index < -0.39 is 17.5 Å². The minimum absolute atomic E-state index is 0.137. The van der Waals surface area contributed by atoms with Crippen LogP contribution in [0.15, 0.2) is 30.5 Å². The van der Waals surface area contributed by atoms with Crippen LogP contribution in [0.2, 0.25) is 10.0 Å². The van der Waals surface area contributed by atoms with E-state index in [1.807, 2.05) is 0 Å². The minimum Gasteiger partial charge on any atom is -0.505 e. The van der Waals surface area contributed by atoms with Crippen molar-refractivity contribution in [1.82, 2.24) is 4.98 Å². The smallest absolute Gasteiger partial charge is 0.420 e. The molecule has 0 bridgehead atoms. The van der Waals surface area contributed by atoms with Crippen molar-refractivity contribution >= 4 is 23.2 Å². The zero-order valence-corrected chi connectivity index (χ0v) is 10.7. The third-order valence-electron chi connectivity index (χ3n) is 2.41. The number of pyridine rings is 1. The summed E-state index contributed by atoms with van der Waals surface area (Å²) in [5, 5.41) is 10.1. The summed E-state index contributed by atoms with van der Waals surface area (Å²) in [6.07, 6.45) is -3.72. The maximum Gasteiger partial charge on any atom is 0.420 e. The SMILES string of the molecule is Oc1c(C(F)(F)F)ccnc1-c1cc(Cl)ccc1Cl. The van der Waals surface area contributed by atoms with E-state index in [1.54, 1.807) is 0 Å². The molecule has 0 atom stereocenters. The first-order valence-electron chi connectivity index (χ1n) is 5.01. The predicted octanol–water partition coefficient (Wildman–Crippen LogP) is 4.78. The predicted molar refractivity (Wildman–Crippen MR) is 66.4 cm³/mol. The fourth-order valence-electron chi connectivity index (χ4n) is 1.56. The van der Waals surface area contributed by atoms with E-state index in [-0.39, 0.29) is 21.3 Å². The lowest BCUT2D eigenvalue weighted by molar-refractivity contribution is -0.138. The van der Waals surface area contributed by atoms with Crippen LogP contribution in [0.4, 0.5) is 13.2 Å². The summed E-state index contributed by atoms with van der Waals surface area (Å²) in [6.45, 7) is 0. The molecule has 0 aliphatic heterocycles. The molecule has 0 spiro atoms. The highest BCUT2D eigenvalue weighted by atomic mass is 35.5. The molecule has 2 nitrogen and oxygen atoms in total. The highest BCUT2D eigenvalue weighted by molar-refractivity contribution is 6.35. The van der Waals surface area contributed by atoms with Crippen molar-refractivity contribution in [2.45, 2.75) is 6.18 Å². The van der Waals surface area contributed by atoms with E-state index in [4.69, 9.17) is 23.2 Å². The van der Waals surface area contributed by atoms with Crippen molar-refractivity contribution in [1.29, 1.82) is 0 Å². The first-order valence-corrected chi connectivity index (χ1v) is 5.77. The number of rotatable bonds is 1. The Kier molecular flexibility index (Phi) is 3.60. The fourth-order valence-corrected chi connectivity index (χ4v) is 1.94. The maximum atomic E-state index is 12.7. The molecule has 0 fully saturated rings. The van der Waals surface area contributed by atoms with Gasteiger partial charge in [-0.25, -0.2) is 0 Å². The van der Waals surface area contributed by atoms with Gasteiger partial charge in [-0.2, -0.15) is 13.2 Å². The van der Waals surface area contributed by atoms with E-state index in [2.05, 4.69) is 4.98 Å². The Morgan fingerprint density at radius 1 is 1.11 bits per heavy atom. The standard InChI is InChI=1S/C12H6Cl2F3NO/c13-6-1-2-9(14)7(5-6)10-11(19)8(3-4-18-10)12(15,16)17/h1-5,19H. The molecular formula is C12H6Cl2F3NO. The molecule has 1 heterocycles. The maximum absolute atomic E-state index is 12.7. The second-order valence-corrected chi connectivity index (χ2v) is 4.52. The number of hydrogen-bond acceptors (Lipinski definition) is 2. The number of halogens is 5. The largest absolute Gasteiger partial charge is 0.505 e. The third-order valence-corrected chi connectivity index (χ3v) is 2.98. The van der Waals surface area contributed by atoms with Gasteiger partial charge in [0.1, 0.15) is 11.3 Å². The van der Waals surface area contributed by atoms with Crippen molar-refractivity contribution in [3.8, 4) is 17.0 Å². The Morgan fingerprint density at radius 2 is 1.79 bits per heavy atom. The number of nitrogens with zero attached hydrogens (tertiary/aromatic N) is 1.